The van der Waals surface area contributed by atoms with Gasteiger partial charge in [0.15, 0.2) is 0 Å². The summed E-state index contributed by atoms with van der Waals surface area (Å²) in [6.45, 7) is 8.62. The van der Waals surface area contributed by atoms with Gasteiger partial charge in [0.25, 0.3) is 0 Å². The van der Waals surface area contributed by atoms with Crippen molar-refractivity contribution in [2.75, 3.05) is 86.4 Å². The largest absolute Gasteiger partial charge is 0.465 e. The van der Waals surface area contributed by atoms with Gasteiger partial charge in [-0.15, -0.1) is 0 Å². The number of methoxy groups -OCH3 is 3. The molecule has 2 atom stereocenters. The van der Waals surface area contributed by atoms with Crippen molar-refractivity contribution in [3.8, 4) is 0 Å². The number of nitrogens with zero attached hydrogens (tertiary/aromatic N) is 1. The van der Waals surface area contributed by atoms with Gasteiger partial charge in [-0.3, -0.25) is 19.2 Å². The maximum Gasteiger partial charge on any atom is 0.302 e. The van der Waals surface area contributed by atoms with Gasteiger partial charge in [0.1, 0.15) is 29.1 Å². The van der Waals surface area contributed by atoms with Gasteiger partial charge in [-0.2, -0.15) is 0 Å². The first-order valence-corrected chi connectivity index (χ1v) is 15.8. The summed E-state index contributed by atoms with van der Waals surface area (Å²) in [5, 5.41) is 6.52. The van der Waals surface area contributed by atoms with Crippen LogP contribution in [-0.4, -0.2) is 115 Å². The molecule has 0 aliphatic heterocycles. The molecule has 13 nitrogen and oxygen atoms in total. The third kappa shape index (κ3) is 19.5. The van der Waals surface area contributed by atoms with Gasteiger partial charge >= 0.3 is 11.9 Å². The minimum absolute atomic E-state index is 0.00215. The van der Waals surface area contributed by atoms with Crippen LogP contribution in [0.4, 0.5) is 0 Å². The second kappa shape index (κ2) is 24.0. The van der Waals surface area contributed by atoms with Crippen LogP contribution in [0, 0.1) is 10.8 Å². The fraction of sp³-hybridized carbons (Fsp3) is 0.679. The van der Waals surface area contributed by atoms with Gasteiger partial charge in [0.05, 0.1) is 33.0 Å². The molecule has 0 aromatic carbocycles. The lowest BCUT2D eigenvalue weighted by Crippen LogP contribution is -2.46. The molecule has 0 aliphatic rings. The number of nitrogens with one attached hydrogen (secondary N) is 2. The van der Waals surface area contributed by atoms with E-state index in [0.717, 1.165) is 10.8 Å². The lowest BCUT2D eigenvalue weighted by Gasteiger charge is -2.26. The van der Waals surface area contributed by atoms with Crippen LogP contribution in [0.25, 0.3) is 0 Å². The molecule has 1 rings (SSSR count). The number of rotatable bonds is 21. The number of hydrogen-bond acceptors (Lipinski definition) is 13. The van der Waals surface area contributed by atoms with Crippen LogP contribution in [-0.2, 0) is 47.6 Å². The summed E-state index contributed by atoms with van der Waals surface area (Å²) >= 11 is 0. The van der Waals surface area contributed by atoms with Crippen LogP contribution >= 0.6 is 21.6 Å². The van der Waals surface area contributed by atoms with Crippen molar-refractivity contribution < 1.29 is 47.6 Å². The van der Waals surface area contributed by atoms with Gasteiger partial charge < -0.3 is 39.1 Å². The summed E-state index contributed by atoms with van der Waals surface area (Å²) in [6.07, 6.45) is 1.75. The van der Waals surface area contributed by atoms with Crippen molar-refractivity contribution in [2.45, 2.75) is 32.7 Å². The van der Waals surface area contributed by atoms with Crippen LogP contribution in [0.1, 0.15) is 27.7 Å². The molecule has 15 heteroatoms. The molecular formula is C28H47N3O10S2. The molecule has 0 saturated carbocycles. The Hall–Kier alpha value is -2.43. The van der Waals surface area contributed by atoms with Gasteiger partial charge in [-0.25, -0.2) is 4.98 Å². The molecule has 2 N–H and O–H groups in total. The average Bonchev–Trinajstić information content (AvgIpc) is 2.97. The number of pyridine rings is 1. The first kappa shape index (κ1) is 40.6. The molecule has 1 aromatic rings. The van der Waals surface area contributed by atoms with Crippen molar-refractivity contribution in [3.05, 3.63) is 24.4 Å². The zero-order valence-corrected chi connectivity index (χ0v) is 27.9. The number of esters is 2. The first-order chi connectivity index (χ1) is 20.4. The minimum Gasteiger partial charge on any atom is -0.465 e. The van der Waals surface area contributed by atoms with E-state index in [0.29, 0.717) is 32.9 Å². The van der Waals surface area contributed by atoms with E-state index in [2.05, 4.69) is 15.6 Å². The Morgan fingerprint density at radius 2 is 1.33 bits per heavy atom. The molecule has 0 fully saturated rings. The van der Waals surface area contributed by atoms with Crippen LogP contribution in [0.2, 0.25) is 0 Å². The van der Waals surface area contributed by atoms with Gasteiger partial charge in [0.2, 0.25) is 11.8 Å². The predicted octanol–water partition coefficient (Wildman–Crippen LogP) is 2.14. The third-order valence-corrected chi connectivity index (χ3v) is 7.69. The van der Waals surface area contributed by atoms with Crippen LogP contribution in [0.15, 0.2) is 29.4 Å². The molecule has 0 saturated heterocycles. The highest BCUT2D eigenvalue weighted by Crippen LogP contribution is 2.28. The highest BCUT2D eigenvalue weighted by atomic mass is 33.1. The topological polar surface area (TPSA) is 161 Å². The summed E-state index contributed by atoms with van der Waals surface area (Å²) in [4.78, 5) is 50.4. The van der Waals surface area contributed by atoms with Crippen LogP contribution in [0.5, 0.6) is 0 Å². The highest BCUT2D eigenvalue weighted by molar-refractivity contribution is 8.76. The number of aromatic nitrogens is 1. The Morgan fingerprint density at radius 3 is 1.79 bits per heavy atom. The van der Waals surface area contributed by atoms with E-state index in [1.165, 1.54) is 28.1 Å². The monoisotopic (exact) mass is 649 g/mol. The van der Waals surface area contributed by atoms with Crippen LogP contribution in [0.3, 0.4) is 0 Å². The first-order valence-electron chi connectivity index (χ1n) is 13.5. The number of hydrogen-bond donors (Lipinski definition) is 2. The number of carbonyl (C=O) groups is 4. The SMILES string of the molecule is COCC(C)(COC(C)=O)C(=O)NCCSSc1ccccn1.COCCOCCNC(=O)C(C)(COC)COC(C)=O. The van der Waals surface area contributed by atoms with E-state index >= 15 is 0 Å². The van der Waals surface area contributed by atoms with Crippen molar-refractivity contribution in [1.82, 2.24) is 15.6 Å². The van der Waals surface area contributed by atoms with Crippen LogP contribution < -0.4 is 10.6 Å². The summed E-state index contributed by atoms with van der Waals surface area (Å²) in [6, 6.07) is 5.74. The lowest BCUT2D eigenvalue weighted by molar-refractivity contribution is -0.152. The summed E-state index contributed by atoms with van der Waals surface area (Å²) < 4.78 is 30.0. The molecule has 1 aromatic heterocycles. The number of carbonyl (C=O) groups excluding carboxylic acids is 4. The number of amides is 2. The van der Waals surface area contributed by atoms with E-state index in [1.807, 2.05) is 18.2 Å². The van der Waals surface area contributed by atoms with Crippen molar-refractivity contribution in [2.24, 2.45) is 10.8 Å². The lowest BCUT2D eigenvalue weighted by atomic mass is 9.91. The standard InChI is InChI=1S/C15H22N2O4S2.C13H25NO6/c1-12(18)21-11-15(2,10-20-3)14(19)17-8-9-22-23-13-6-4-5-7-16-13;1-11(15)20-10-13(2,9-18-4)12(16)14-5-6-19-8-7-17-3/h4-7H,8-11H2,1-3H3,(H,17,19);5-10H2,1-4H3,(H,14,16). The van der Waals surface area contributed by atoms with E-state index in [9.17, 15) is 19.2 Å². The fourth-order valence-electron chi connectivity index (χ4n) is 3.12. The molecule has 246 valence electrons. The minimum atomic E-state index is -0.910. The predicted molar refractivity (Wildman–Crippen MR) is 164 cm³/mol. The summed E-state index contributed by atoms with van der Waals surface area (Å²) in [7, 11) is 7.78. The van der Waals surface area contributed by atoms with E-state index in [4.69, 9.17) is 28.4 Å². The molecule has 2 unspecified atom stereocenters. The highest BCUT2D eigenvalue weighted by Gasteiger charge is 2.35. The normalized spacial score (nSPS) is 13.4. The molecule has 43 heavy (non-hydrogen) atoms. The molecule has 2 amide bonds. The molecule has 0 spiro atoms. The van der Waals surface area contributed by atoms with Gasteiger partial charge in [0, 0.05) is 60.2 Å². The number of ether oxygens (including phenoxy) is 6. The zero-order chi connectivity index (χ0) is 32.6. The molecule has 0 aliphatic carbocycles. The Labute approximate surface area is 262 Å². The fourth-order valence-corrected chi connectivity index (χ4v) is 4.90. The summed E-state index contributed by atoms with van der Waals surface area (Å²) in [5.74, 6) is -0.533. The molecular weight excluding hydrogens is 602 g/mol. The Balaban J connectivity index is 0.000000830. The molecule has 0 bridgehead atoms. The second-order valence-electron chi connectivity index (χ2n) is 9.74. The molecule has 0 radical (unpaired) electrons. The van der Waals surface area contributed by atoms with Crippen molar-refractivity contribution in [1.29, 1.82) is 0 Å². The summed E-state index contributed by atoms with van der Waals surface area (Å²) in [5.41, 5.74) is -1.80. The Bertz CT molecular complexity index is 945. The van der Waals surface area contributed by atoms with Gasteiger partial charge in [-0.05, 0) is 36.8 Å². The Morgan fingerprint density at radius 1 is 0.767 bits per heavy atom. The van der Waals surface area contributed by atoms with E-state index in [-0.39, 0.29) is 38.2 Å². The average molecular weight is 650 g/mol. The van der Waals surface area contributed by atoms with Gasteiger partial charge in [-0.1, -0.05) is 16.9 Å². The van der Waals surface area contributed by atoms with Crippen molar-refractivity contribution >= 4 is 45.3 Å². The van der Waals surface area contributed by atoms with E-state index in [1.54, 1.807) is 48.7 Å². The van der Waals surface area contributed by atoms with E-state index < -0.39 is 22.8 Å². The second-order valence-corrected chi connectivity index (χ2v) is 12.2. The van der Waals surface area contributed by atoms with Crippen molar-refractivity contribution in [3.63, 3.8) is 0 Å². The zero-order valence-electron chi connectivity index (χ0n) is 26.2. The quantitative estimate of drug-likeness (QED) is 0.113. The maximum atomic E-state index is 12.3. The smallest absolute Gasteiger partial charge is 0.302 e. The molecule has 1 heterocycles. The third-order valence-electron chi connectivity index (χ3n) is 5.43. The maximum absolute atomic E-state index is 12.3. The Kier molecular flexibility index (Phi) is 22.6.